The molecule has 0 fully saturated rings. The Morgan fingerprint density at radius 1 is 1.47 bits per heavy atom. The fourth-order valence-corrected chi connectivity index (χ4v) is 2.01. The SMILES string of the molecule is CCCCC(CC)CNC(=O)c1ccc(Br)o1. The molecule has 1 unspecified atom stereocenters. The van der Waals surface area contributed by atoms with E-state index in [0.29, 0.717) is 16.3 Å². The molecule has 0 aromatic carbocycles. The molecule has 0 bridgehead atoms. The number of carbonyl (C=O) groups is 1. The van der Waals surface area contributed by atoms with Gasteiger partial charge in [0.05, 0.1) is 0 Å². The Morgan fingerprint density at radius 2 is 2.24 bits per heavy atom. The van der Waals surface area contributed by atoms with Gasteiger partial charge in [0.25, 0.3) is 5.91 Å². The van der Waals surface area contributed by atoms with E-state index >= 15 is 0 Å². The predicted molar refractivity (Wildman–Crippen MR) is 72.0 cm³/mol. The van der Waals surface area contributed by atoms with Crippen LogP contribution < -0.4 is 5.32 Å². The third-order valence-corrected chi connectivity index (χ3v) is 3.32. The van der Waals surface area contributed by atoms with Crippen molar-refractivity contribution in [2.75, 3.05) is 6.54 Å². The first-order valence-electron chi connectivity index (χ1n) is 6.20. The van der Waals surface area contributed by atoms with Crippen LogP contribution in [0.25, 0.3) is 0 Å². The Labute approximate surface area is 111 Å². The van der Waals surface area contributed by atoms with Crippen LogP contribution in [0.1, 0.15) is 50.1 Å². The minimum atomic E-state index is -0.134. The molecule has 17 heavy (non-hydrogen) atoms. The van der Waals surface area contributed by atoms with Gasteiger partial charge >= 0.3 is 0 Å². The van der Waals surface area contributed by atoms with Gasteiger partial charge < -0.3 is 9.73 Å². The molecule has 0 saturated heterocycles. The van der Waals surface area contributed by atoms with Crippen molar-refractivity contribution in [3.63, 3.8) is 0 Å². The lowest BCUT2D eigenvalue weighted by atomic mass is 9.99. The van der Waals surface area contributed by atoms with E-state index in [4.69, 9.17) is 4.42 Å². The van der Waals surface area contributed by atoms with Gasteiger partial charge in [-0.1, -0.05) is 33.1 Å². The lowest BCUT2D eigenvalue weighted by molar-refractivity contribution is 0.0916. The molecular weight excluding hydrogens is 282 g/mol. The number of rotatable bonds is 7. The quantitative estimate of drug-likeness (QED) is 0.827. The number of hydrogen-bond donors (Lipinski definition) is 1. The van der Waals surface area contributed by atoms with Crippen molar-refractivity contribution in [1.82, 2.24) is 5.32 Å². The first kappa shape index (κ1) is 14.3. The molecule has 0 radical (unpaired) electrons. The second kappa shape index (κ2) is 7.54. The Hall–Kier alpha value is -0.770. The maximum Gasteiger partial charge on any atom is 0.287 e. The molecule has 0 aliphatic carbocycles. The average molecular weight is 302 g/mol. The monoisotopic (exact) mass is 301 g/mol. The van der Waals surface area contributed by atoms with Crippen molar-refractivity contribution < 1.29 is 9.21 Å². The summed E-state index contributed by atoms with van der Waals surface area (Å²) in [6.07, 6.45) is 4.70. The van der Waals surface area contributed by atoms with Crippen molar-refractivity contribution in [3.8, 4) is 0 Å². The Kier molecular flexibility index (Phi) is 6.34. The zero-order valence-corrected chi connectivity index (χ0v) is 12.0. The number of furan rings is 1. The largest absolute Gasteiger partial charge is 0.444 e. The van der Waals surface area contributed by atoms with Crippen molar-refractivity contribution in [2.24, 2.45) is 5.92 Å². The van der Waals surface area contributed by atoms with Crippen LogP contribution in [0.2, 0.25) is 0 Å². The smallest absolute Gasteiger partial charge is 0.287 e. The topological polar surface area (TPSA) is 42.2 Å². The number of halogens is 1. The number of hydrogen-bond acceptors (Lipinski definition) is 2. The highest BCUT2D eigenvalue weighted by molar-refractivity contribution is 9.10. The van der Waals surface area contributed by atoms with E-state index in [0.717, 1.165) is 13.0 Å². The van der Waals surface area contributed by atoms with Gasteiger partial charge in [-0.15, -0.1) is 0 Å². The van der Waals surface area contributed by atoms with Gasteiger partial charge in [-0.2, -0.15) is 0 Å². The minimum absolute atomic E-state index is 0.134. The van der Waals surface area contributed by atoms with E-state index in [-0.39, 0.29) is 5.91 Å². The van der Waals surface area contributed by atoms with E-state index < -0.39 is 0 Å². The maximum atomic E-state index is 11.7. The van der Waals surface area contributed by atoms with E-state index in [1.165, 1.54) is 19.3 Å². The van der Waals surface area contributed by atoms with Crippen LogP contribution in [-0.4, -0.2) is 12.5 Å². The van der Waals surface area contributed by atoms with Crippen LogP contribution >= 0.6 is 15.9 Å². The fourth-order valence-electron chi connectivity index (χ4n) is 1.70. The second-order valence-corrected chi connectivity index (χ2v) is 5.01. The highest BCUT2D eigenvalue weighted by atomic mass is 79.9. The van der Waals surface area contributed by atoms with Gasteiger partial charge in [0.2, 0.25) is 0 Å². The van der Waals surface area contributed by atoms with Gasteiger partial charge in [0.1, 0.15) is 0 Å². The van der Waals surface area contributed by atoms with Crippen LogP contribution in [-0.2, 0) is 0 Å². The van der Waals surface area contributed by atoms with Crippen LogP contribution in [0.5, 0.6) is 0 Å². The molecule has 0 aliphatic rings. The first-order valence-corrected chi connectivity index (χ1v) is 7.00. The molecule has 0 aliphatic heterocycles. The minimum Gasteiger partial charge on any atom is -0.444 e. The van der Waals surface area contributed by atoms with Crippen molar-refractivity contribution in [2.45, 2.75) is 39.5 Å². The van der Waals surface area contributed by atoms with E-state index in [2.05, 4.69) is 35.1 Å². The number of unbranched alkanes of at least 4 members (excludes halogenated alkanes) is 1. The summed E-state index contributed by atoms with van der Waals surface area (Å²) in [5.74, 6) is 0.796. The standard InChI is InChI=1S/C13H20BrNO2/c1-3-5-6-10(4-2)9-15-13(16)11-7-8-12(14)17-11/h7-8,10H,3-6,9H2,1-2H3,(H,15,16). The van der Waals surface area contributed by atoms with Crippen LogP contribution in [0, 0.1) is 5.92 Å². The molecule has 96 valence electrons. The molecule has 0 saturated carbocycles. The summed E-state index contributed by atoms with van der Waals surface area (Å²) in [4.78, 5) is 11.7. The summed E-state index contributed by atoms with van der Waals surface area (Å²) in [6.45, 7) is 5.08. The number of amides is 1. The molecule has 1 heterocycles. The highest BCUT2D eigenvalue weighted by Crippen LogP contribution is 2.15. The Morgan fingerprint density at radius 3 is 2.76 bits per heavy atom. The second-order valence-electron chi connectivity index (χ2n) is 4.23. The average Bonchev–Trinajstić information content (AvgIpc) is 2.76. The molecular formula is C13H20BrNO2. The molecule has 1 amide bonds. The molecule has 1 atom stereocenters. The number of nitrogens with one attached hydrogen (secondary N) is 1. The highest BCUT2D eigenvalue weighted by Gasteiger charge is 2.12. The van der Waals surface area contributed by atoms with Gasteiger partial charge in [0, 0.05) is 6.54 Å². The number of carbonyl (C=O) groups excluding carboxylic acids is 1. The zero-order chi connectivity index (χ0) is 12.7. The van der Waals surface area contributed by atoms with E-state index in [9.17, 15) is 4.79 Å². The molecule has 1 aromatic heterocycles. The summed E-state index contributed by atoms with van der Waals surface area (Å²) >= 11 is 3.18. The molecule has 4 heteroatoms. The summed E-state index contributed by atoms with van der Waals surface area (Å²) in [6, 6.07) is 3.40. The maximum absolute atomic E-state index is 11.7. The van der Waals surface area contributed by atoms with Crippen molar-refractivity contribution in [3.05, 3.63) is 22.6 Å². The van der Waals surface area contributed by atoms with Gasteiger partial charge in [-0.3, -0.25) is 4.79 Å². The lowest BCUT2D eigenvalue weighted by Crippen LogP contribution is -2.28. The van der Waals surface area contributed by atoms with Crippen LogP contribution in [0.4, 0.5) is 0 Å². The van der Waals surface area contributed by atoms with Gasteiger partial charge in [-0.05, 0) is 40.4 Å². The Balaban J connectivity index is 2.36. The van der Waals surface area contributed by atoms with Crippen LogP contribution in [0.15, 0.2) is 21.2 Å². The van der Waals surface area contributed by atoms with Crippen molar-refractivity contribution in [1.29, 1.82) is 0 Å². The van der Waals surface area contributed by atoms with Gasteiger partial charge in [-0.25, -0.2) is 0 Å². The lowest BCUT2D eigenvalue weighted by Gasteiger charge is -2.14. The Bertz CT molecular complexity index is 349. The normalized spacial score (nSPS) is 12.4. The molecule has 1 rings (SSSR count). The third kappa shape index (κ3) is 4.94. The fraction of sp³-hybridized carbons (Fsp3) is 0.615. The zero-order valence-electron chi connectivity index (χ0n) is 10.5. The van der Waals surface area contributed by atoms with Gasteiger partial charge in [0.15, 0.2) is 10.4 Å². The molecule has 1 aromatic rings. The molecule has 1 N–H and O–H groups in total. The summed E-state index contributed by atoms with van der Waals surface area (Å²) in [7, 11) is 0. The van der Waals surface area contributed by atoms with E-state index in [1.807, 2.05) is 0 Å². The third-order valence-electron chi connectivity index (χ3n) is 2.89. The predicted octanol–water partition coefficient (Wildman–Crippen LogP) is 3.99. The van der Waals surface area contributed by atoms with E-state index in [1.54, 1.807) is 12.1 Å². The summed E-state index contributed by atoms with van der Waals surface area (Å²) < 4.78 is 5.78. The van der Waals surface area contributed by atoms with Crippen molar-refractivity contribution >= 4 is 21.8 Å². The summed E-state index contributed by atoms with van der Waals surface area (Å²) in [5, 5.41) is 2.92. The molecule has 3 nitrogen and oxygen atoms in total. The summed E-state index contributed by atoms with van der Waals surface area (Å²) in [5.41, 5.74) is 0. The first-order chi connectivity index (χ1) is 8.17. The molecule has 0 spiro atoms. The van der Waals surface area contributed by atoms with Crippen LogP contribution in [0.3, 0.4) is 0 Å².